The second kappa shape index (κ2) is 10.4. The van der Waals surface area contributed by atoms with E-state index in [1.807, 2.05) is 6.92 Å². The highest BCUT2D eigenvalue weighted by atomic mass is 19.4. The van der Waals surface area contributed by atoms with Gasteiger partial charge in [-0.05, 0) is 85.2 Å². The zero-order valence-electron chi connectivity index (χ0n) is 18.0. The second-order valence-electron chi connectivity index (χ2n) is 8.02. The van der Waals surface area contributed by atoms with E-state index in [4.69, 9.17) is 0 Å². The van der Waals surface area contributed by atoms with Crippen LogP contribution in [0.25, 0.3) is 0 Å². The molecule has 0 heterocycles. The van der Waals surface area contributed by atoms with Crippen LogP contribution in [0.1, 0.15) is 46.7 Å². The third-order valence-electron chi connectivity index (χ3n) is 5.55. The van der Waals surface area contributed by atoms with Crippen LogP contribution in [0.15, 0.2) is 48.5 Å². The number of halogens is 7. The van der Waals surface area contributed by atoms with Crippen molar-refractivity contribution in [2.45, 2.75) is 51.6 Å². The van der Waals surface area contributed by atoms with Gasteiger partial charge in [-0.1, -0.05) is 25.5 Å². The predicted molar refractivity (Wildman–Crippen MR) is 113 cm³/mol. The molecule has 33 heavy (non-hydrogen) atoms. The van der Waals surface area contributed by atoms with Crippen LogP contribution in [-0.2, 0) is 38.3 Å². The summed E-state index contributed by atoms with van der Waals surface area (Å²) in [5, 5.41) is 0. The maximum absolute atomic E-state index is 14.5. The maximum atomic E-state index is 14.5. The summed E-state index contributed by atoms with van der Waals surface area (Å²) in [5.74, 6) is -2.94. The fourth-order valence-corrected chi connectivity index (χ4v) is 3.77. The van der Waals surface area contributed by atoms with Crippen molar-refractivity contribution in [2.75, 3.05) is 0 Å². The third-order valence-corrected chi connectivity index (χ3v) is 5.55. The molecule has 3 rings (SSSR count). The highest BCUT2D eigenvalue weighted by Gasteiger charge is 2.29. The van der Waals surface area contributed by atoms with Gasteiger partial charge in [0.1, 0.15) is 23.3 Å². The first kappa shape index (κ1) is 24.8. The summed E-state index contributed by atoms with van der Waals surface area (Å²) in [6, 6.07) is 9.25. The first-order valence-corrected chi connectivity index (χ1v) is 10.7. The van der Waals surface area contributed by atoms with Crippen LogP contribution in [-0.4, -0.2) is 0 Å². The monoisotopic (exact) mass is 468 g/mol. The van der Waals surface area contributed by atoms with E-state index < -0.39 is 35.0 Å². The highest BCUT2D eigenvalue weighted by molar-refractivity contribution is 5.31. The van der Waals surface area contributed by atoms with Gasteiger partial charge in [-0.25, -0.2) is 17.6 Å². The highest BCUT2D eigenvalue weighted by Crippen LogP contribution is 2.29. The number of benzene rings is 3. The molecule has 176 valence electrons. The van der Waals surface area contributed by atoms with E-state index >= 15 is 0 Å². The van der Waals surface area contributed by atoms with E-state index in [2.05, 4.69) is 0 Å². The van der Waals surface area contributed by atoms with Crippen molar-refractivity contribution in [3.05, 3.63) is 105 Å². The van der Waals surface area contributed by atoms with Crippen molar-refractivity contribution in [1.82, 2.24) is 0 Å². The molecule has 0 saturated heterocycles. The fraction of sp³-hybridized carbons (Fsp3) is 0.308. The largest absolute Gasteiger partial charge is 0.416 e. The van der Waals surface area contributed by atoms with Crippen molar-refractivity contribution in [1.29, 1.82) is 0 Å². The van der Waals surface area contributed by atoms with Crippen molar-refractivity contribution >= 4 is 0 Å². The van der Waals surface area contributed by atoms with E-state index in [-0.39, 0.29) is 42.4 Å². The number of hydrogen-bond acceptors (Lipinski definition) is 0. The first-order chi connectivity index (χ1) is 15.6. The van der Waals surface area contributed by atoms with Crippen LogP contribution >= 0.6 is 0 Å². The lowest BCUT2D eigenvalue weighted by atomic mass is 9.97. The molecule has 0 atom stereocenters. The number of aryl methyl sites for hydroxylation is 3. The molecule has 3 aromatic carbocycles. The average Bonchev–Trinajstić information content (AvgIpc) is 2.72. The number of hydrogen-bond donors (Lipinski definition) is 0. The normalized spacial score (nSPS) is 11.8. The van der Waals surface area contributed by atoms with Crippen LogP contribution in [0.3, 0.4) is 0 Å². The van der Waals surface area contributed by atoms with Gasteiger partial charge >= 0.3 is 6.18 Å². The van der Waals surface area contributed by atoms with Crippen LogP contribution in [0.2, 0.25) is 0 Å². The maximum Gasteiger partial charge on any atom is 0.416 e. The Labute approximate surface area is 188 Å². The van der Waals surface area contributed by atoms with E-state index in [9.17, 15) is 30.7 Å². The Balaban J connectivity index is 1.67. The minimum Gasteiger partial charge on any atom is -0.207 e. The molecule has 0 nitrogen and oxygen atoms in total. The fourth-order valence-electron chi connectivity index (χ4n) is 3.77. The van der Waals surface area contributed by atoms with Gasteiger partial charge in [-0.15, -0.1) is 0 Å². The molecule has 0 unspecified atom stereocenters. The molecule has 0 saturated carbocycles. The summed E-state index contributed by atoms with van der Waals surface area (Å²) in [7, 11) is 0. The Kier molecular flexibility index (Phi) is 7.82. The predicted octanol–water partition coefficient (Wildman–Crippen LogP) is 7.78. The molecule has 3 aromatic rings. The second-order valence-corrected chi connectivity index (χ2v) is 8.02. The van der Waals surface area contributed by atoms with Gasteiger partial charge in [0.25, 0.3) is 0 Å². The Hall–Kier alpha value is -2.83. The molecule has 0 N–H and O–H groups in total. The van der Waals surface area contributed by atoms with Crippen molar-refractivity contribution < 1.29 is 30.7 Å². The summed E-state index contributed by atoms with van der Waals surface area (Å²) in [6.45, 7) is 1.90. The molecule has 0 radical (unpaired) electrons. The Morgan fingerprint density at radius 2 is 0.939 bits per heavy atom. The van der Waals surface area contributed by atoms with Crippen LogP contribution < -0.4 is 0 Å². The molecule has 0 aliphatic heterocycles. The molecular formula is C26H23F7. The van der Waals surface area contributed by atoms with Crippen molar-refractivity contribution in [2.24, 2.45) is 0 Å². The lowest BCUT2D eigenvalue weighted by molar-refractivity contribution is -0.137. The summed E-state index contributed by atoms with van der Waals surface area (Å²) < 4.78 is 95.5. The van der Waals surface area contributed by atoms with E-state index in [0.717, 1.165) is 30.7 Å². The molecule has 0 aromatic heterocycles. The molecule has 0 bridgehead atoms. The van der Waals surface area contributed by atoms with Gasteiger partial charge in [0.05, 0.1) is 5.56 Å². The minimum atomic E-state index is -4.45. The molecular weight excluding hydrogens is 445 g/mol. The smallest absolute Gasteiger partial charge is 0.207 e. The zero-order valence-corrected chi connectivity index (χ0v) is 18.0. The van der Waals surface area contributed by atoms with E-state index in [1.165, 1.54) is 24.3 Å². The summed E-state index contributed by atoms with van der Waals surface area (Å²) >= 11 is 0. The Bertz CT molecular complexity index is 1050. The lowest BCUT2D eigenvalue weighted by Gasteiger charge is -2.11. The molecule has 0 spiro atoms. The summed E-state index contributed by atoms with van der Waals surface area (Å²) in [4.78, 5) is 0. The first-order valence-electron chi connectivity index (χ1n) is 10.7. The van der Waals surface area contributed by atoms with Crippen molar-refractivity contribution in [3.63, 3.8) is 0 Å². The quantitative estimate of drug-likeness (QED) is 0.296. The van der Waals surface area contributed by atoms with Gasteiger partial charge in [-0.3, -0.25) is 0 Å². The Morgan fingerprint density at radius 3 is 1.33 bits per heavy atom. The number of alkyl halides is 3. The third kappa shape index (κ3) is 6.36. The van der Waals surface area contributed by atoms with Gasteiger partial charge in [0, 0.05) is 11.1 Å². The van der Waals surface area contributed by atoms with Gasteiger partial charge in [-0.2, -0.15) is 13.2 Å². The summed E-state index contributed by atoms with van der Waals surface area (Å²) in [5.41, 5.74) is 0.247. The average molecular weight is 468 g/mol. The van der Waals surface area contributed by atoms with Crippen LogP contribution in [0.5, 0.6) is 0 Å². The minimum absolute atomic E-state index is 0.0363. The standard InChI is InChI=1S/C26H23F7/c1-2-3-17-12-22(27)21(23(28)13-17)11-7-18-14-24(29)20(25(30)15-18)10-6-16-4-8-19(9-5-16)26(31,32)33/h4-5,8-9,12-15H,2-3,6-7,10-11H2,1H3. The van der Waals surface area contributed by atoms with Gasteiger partial charge in [0.15, 0.2) is 0 Å². The number of rotatable bonds is 8. The lowest BCUT2D eigenvalue weighted by Crippen LogP contribution is -2.05. The van der Waals surface area contributed by atoms with Gasteiger partial charge in [0.2, 0.25) is 0 Å². The van der Waals surface area contributed by atoms with Crippen LogP contribution in [0, 0.1) is 23.3 Å². The Morgan fingerprint density at radius 1 is 0.545 bits per heavy atom. The SMILES string of the molecule is CCCc1cc(F)c(CCc2cc(F)c(CCc3ccc(C(F)(F)F)cc3)c(F)c2)c(F)c1. The van der Waals surface area contributed by atoms with Crippen molar-refractivity contribution in [3.8, 4) is 0 Å². The molecule has 7 heteroatoms. The van der Waals surface area contributed by atoms with E-state index in [1.54, 1.807) is 0 Å². The zero-order chi connectivity index (χ0) is 24.2. The molecule has 0 fully saturated rings. The van der Waals surface area contributed by atoms with Crippen LogP contribution in [0.4, 0.5) is 30.7 Å². The topological polar surface area (TPSA) is 0 Å². The molecule has 0 amide bonds. The van der Waals surface area contributed by atoms with Gasteiger partial charge < -0.3 is 0 Å². The molecule has 0 aliphatic carbocycles. The molecule has 0 aliphatic rings. The summed E-state index contributed by atoms with van der Waals surface area (Å²) in [6.07, 6.45) is -3.02. The van der Waals surface area contributed by atoms with E-state index in [0.29, 0.717) is 17.5 Å².